The maximum absolute atomic E-state index is 13.8. The number of nitrogens with zero attached hydrogens (tertiary/aromatic N) is 1. The molecule has 2 aliphatic rings. The molecule has 1 heterocycles. The Morgan fingerprint density at radius 3 is 2.05 bits per heavy atom. The van der Waals surface area contributed by atoms with Gasteiger partial charge in [0.25, 0.3) is 0 Å². The summed E-state index contributed by atoms with van der Waals surface area (Å²) in [5.41, 5.74) is 8.95. The molecule has 4 heteroatoms. The predicted molar refractivity (Wildman–Crippen MR) is 156 cm³/mol. The van der Waals surface area contributed by atoms with E-state index in [2.05, 4.69) is 111 Å². The number of anilines is 3. The maximum atomic E-state index is 13.8. The van der Waals surface area contributed by atoms with Gasteiger partial charge in [-0.2, -0.15) is 0 Å². The van der Waals surface area contributed by atoms with Gasteiger partial charge in [0, 0.05) is 36.5 Å². The summed E-state index contributed by atoms with van der Waals surface area (Å²) in [6.45, 7) is 13.0. The second-order valence-electron chi connectivity index (χ2n) is 11.3. The lowest BCUT2D eigenvalue weighted by Crippen LogP contribution is -2.27. The topological polar surface area (TPSA) is 44.4 Å². The molecule has 2 atom stereocenters. The highest BCUT2D eigenvalue weighted by Crippen LogP contribution is 2.44. The highest BCUT2D eigenvalue weighted by atomic mass is 16.1. The second kappa shape index (κ2) is 10.1. The van der Waals surface area contributed by atoms with Crippen molar-refractivity contribution >= 4 is 22.8 Å². The molecular formula is C33H39N3O. The summed E-state index contributed by atoms with van der Waals surface area (Å²) in [7, 11) is 0. The van der Waals surface area contributed by atoms with Crippen molar-refractivity contribution < 1.29 is 4.79 Å². The third-order valence-corrected chi connectivity index (χ3v) is 7.91. The van der Waals surface area contributed by atoms with Crippen molar-refractivity contribution in [3.63, 3.8) is 0 Å². The zero-order valence-corrected chi connectivity index (χ0v) is 22.8. The fourth-order valence-corrected chi connectivity index (χ4v) is 5.70. The first-order valence-corrected chi connectivity index (χ1v) is 13.6. The van der Waals surface area contributed by atoms with Crippen molar-refractivity contribution in [2.45, 2.75) is 64.8 Å². The number of carbonyl (C=O) groups is 1. The normalized spacial score (nSPS) is 19.3. The van der Waals surface area contributed by atoms with Crippen molar-refractivity contribution in [1.29, 1.82) is 0 Å². The van der Waals surface area contributed by atoms with Crippen molar-refractivity contribution in [3.05, 3.63) is 101 Å². The van der Waals surface area contributed by atoms with Gasteiger partial charge in [-0.05, 0) is 72.6 Å². The van der Waals surface area contributed by atoms with E-state index < -0.39 is 0 Å². The van der Waals surface area contributed by atoms with Crippen LogP contribution in [0.3, 0.4) is 0 Å². The van der Waals surface area contributed by atoms with Gasteiger partial charge in [0.05, 0.1) is 17.4 Å². The van der Waals surface area contributed by atoms with E-state index in [1.807, 2.05) is 12.1 Å². The number of ketones is 1. The fourth-order valence-electron chi connectivity index (χ4n) is 5.70. The number of hydrogen-bond donors (Lipinski definition) is 2. The Balaban J connectivity index is 1.52. The summed E-state index contributed by atoms with van der Waals surface area (Å²) in [5, 5.41) is 7.37. The van der Waals surface area contributed by atoms with Crippen LogP contribution in [-0.4, -0.2) is 18.9 Å². The SMILES string of the molecule is CCN(CC)c1ccc(C2Nc3ccccc3NC3=C2C(=O)CC(c2ccc(C(C)(C)C)cc2)C3)cc1. The first-order chi connectivity index (χ1) is 17.8. The molecule has 2 unspecified atom stereocenters. The van der Waals surface area contributed by atoms with E-state index in [1.54, 1.807) is 0 Å². The number of Topliss-reactive ketones (excluding diaryl/α,β-unsaturated/α-hetero) is 1. The number of benzene rings is 3. The average molecular weight is 494 g/mol. The Morgan fingerprint density at radius 1 is 0.811 bits per heavy atom. The summed E-state index contributed by atoms with van der Waals surface area (Å²) < 4.78 is 0. The van der Waals surface area contributed by atoms with Gasteiger partial charge in [-0.3, -0.25) is 4.79 Å². The van der Waals surface area contributed by atoms with Crippen LogP contribution in [0.15, 0.2) is 84.1 Å². The lowest BCUT2D eigenvalue weighted by molar-refractivity contribution is -0.116. The molecule has 2 N–H and O–H groups in total. The van der Waals surface area contributed by atoms with E-state index >= 15 is 0 Å². The molecule has 37 heavy (non-hydrogen) atoms. The van der Waals surface area contributed by atoms with E-state index in [9.17, 15) is 4.79 Å². The van der Waals surface area contributed by atoms with Crippen LogP contribution in [0, 0.1) is 0 Å². The number of hydrogen-bond acceptors (Lipinski definition) is 4. The molecule has 0 radical (unpaired) electrons. The van der Waals surface area contributed by atoms with Crippen LogP contribution in [0.2, 0.25) is 0 Å². The lowest BCUT2D eigenvalue weighted by atomic mass is 9.77. The monoisotopic (exact) mass is 493 g/mol. The first-order valence-electron chi connectivity index (χ1n) is 13.6. The van der Waals surface area contributed by atoms with Gasteiger partial charge in [-0.1, -0.05) is 69.3 Å². The quantitative estimate of drug-likeness (QED) is 0.380. The third-order valence-electron chi connectivity index (χ3n) is 7.91. The minimum atomic E-state index is -0.186. The van der Waals surface area contributed by atoms with Crippen LogP contribution in [0.25, 0.3) is 0 Å². The van der Waals surface area contributed by atoms with Crippen molar-refractivity contribution in [2.75, 3.05) is 28.6 Å². The van der Waals surface area contributed by atoms with Crippen LogP contribution < -0.4 is 15.5 Å². The largest absolute Gasteiger partial charge is 0.372 e. The molecule has 0 amide bonds. The molecule has 1 aliphatic carbocycles. The average Bonchev–Trinajstić information content (AvgIpc) is 3.06. The summed E-state index contributed by atoms with van der Waals surface area (Å²) in [6, 6.07) is 25.7. The molecule has 3 aromatic carbocycles. The number of allylic oxidation sites excluding steroid dienone is 1. The number of rotatable bonds is 5. The highest BCUT2D eigenvalue weighted by molar-refractivity contribution is 6.01. The number of nitrogens with one attached hydrogen (secondary N) is 2. The van der Waals surface area contributed by atoms with E-state index in [0.717, 1.165) is 47.7 Å². The zero-order valence-electron chi connectivity index (χ0n) is 22.8. The standard InChI is InChI=1S/C33H39N3O/c1-6-36(7-2)26-18-14-23(15-19-26)32-31-29(34-27-10-8-9-11-28(27)35-32)20-24(21-30(31)37)22-12-16-25(17-13-22)33(3,4)5/h8-19,24,32,34-35H,6-7,20-21H2,1-5H3. The van der Waals surface area contributed by atoms with Gasteiger partial charge in [0.1, 0.15) is 0 Å². The van der Waals surface area contributed by atoms with E-state index in [0.29, 0.717) is 6.42 Å². The fraction of sp³-hybridized carbons (Fsp3) is 0.364. The molecule has 3 aromatic rings. The zero-order chi connectivity index (χ0) is 26.2. The second-order valence-corrected chi connectivity index (χ2v) is 11.3. The van der Waals surface area contributed by atoms with Crippen LogP contribution in [0.4, 0.5) is 17.1 Å². The maximum Gasteiger partial charge on any atom is 0.163 e. The Bertz CT molecular complexity index is 1290. The summed E-state index contributed by atoms with van der Waals surface area (Å²) >= 11 is 0. The van der Waals surface area contributed by atoms with Gasteiger partial charge in [-0.25, -0.2) is 0 Å². The Hall–Kier alpha value is -3.53. The Kier molecular flexibility index (Phi) is 6.85. The van der Waals surface area contributed by atoms with Gasteiger partial charge in [0.2, 0.25) is 0 Å². The summed E-state index contributed by atoms with van der Waals surface area (Å²) in [4.78, 5) is 16.2. The molecule has 1 aliphatic heterocycles. The van der Waals surface area contributed by atoms with Gasteiger partial charge >= 0.3 is 0 Å². The van der Waals surface area contributed by atoms with E-state index in [-0.39, 0.29) is 23.2 Å². The molecule has 0 aromatic heterocycles. The smallest absolute Gasteiger partial charge is 0.163 e. The van der Waals surface area contributed by atoms with Crippen LogP contribution >= 0.6 is 0 Å². The van der Waals surface area contributed by atoms with Crippen LogP contribution in [0.5, 0.6) is 0 Å². The van der Waals surface area contributed by atoms with Crippen molar-refractivity contribution in [3.8, 4) is 0 Å². The van der Waals surface area contributed by atoms with Gasteiger partial charge in [0.15, 0.2) is 5.78 Å². The van der Waals surface area contributed by atoms with Gasteiger partial charge < -0.3 is 15.5 Å². The third kappa shape index (κ3) is 5.02. The minimum absolute atomic E-state index is 0.114. The van der Waals surface area contributed by atoms with Crippen LogP contribution in [0.1, 0.15) is 76.1 Å². The number of carbonyl (C=O) groups excluding carboxylic acids is 1. The minimum Gasteiger partial charge on any atom is -0.372 e. The number of fused-ring (bicyclic) bond motifs is 1. The van der Waals surface area contributed by atoms with E-state index in [4.69, 9.17) is 0 Å². The van der Waals surface area contributed by atoms with Crippen LogP contribution in [-0.2, 0) is 10.2 Å². The molecular weight excluding hydrogens is 454 g/mol. The van der Waals surface area contributed by atoms with Crippen molar-refractivity contribution in [2.24, 2.45) is 0 Å². The molecule has 0 saturated carbocycles. The molecule has 0 bridgehead atoms. The molecule has 0 fully saturated rings. The van der Waals surface area contributed by atoms with E-state index in [1.165, 1.54) is 16.8 Å². The Morgan fingerprint density at radius 2 is 1.43 bits per heavy atom. The summed E-state index contributed by atoms with van der Waals surface area (Å²) in [5.74, 6) is 0.389. The number of para-hydroxylation sites is 2. The molecule has 0 saturated heterocycles. The molecule has 5 rings (SSSR count). The van der Waals surface area contributed by atoms with Gasteiger partial charge in [-0.15, -0.1) is 0 Å². The molecule has 0 spiro atoms. The molecule has 4 nitrogen and oxygen atoms in total. The lowest BCUT2D eigenvalue weighted by Gasteiger charge is -2.30. The predicted octanol–water partition coefficient (Wildman–Crippen LogP) is 7.81. The summed E-state index contributed by atoms with van der Waals surface area (Å²) in [6.07, 6.45) is 1.35. The highest BCUT2D eigenvalue weighted by Gasteiger charge is 2.36. The molecule has 192 valence electrons. The Labute approximate surface area is 221 Å². The van der Waals surface area contributed by atoms with Crippen molar-refractivity contribution in [1.82, 2.24) is 0 Å². The first kappa shape index (κ1) is 25.1.